The molecule has 3 atom stereocenters. The molecule has 0 saturated carbocycles. The lowest BCUT2D eigenvalue weighted by molar-refractivity contribution is -0.124. The summed E-state index contributed by atoms with van der Waals surface area (Å²) in [4.78, 5) is 38.8. The smallest absolute Gasteiger partial charge is 0.378 e. The summed E-state index contributed by atoms with van der Waals surface area (Å²) in [6, 6.07) is 4.34. The number of morpholine rings is 1. The number of aromatic nitrogens is 1. The molecule has 1 aromatic carbocycles. The van der Waals surface area contributed by atoms with E-state index in [1.54, 1.807) is 6.07 Å². The molecule has 2 saturated heterocycles. The van der Waals surface area contributed by atoms with E-state index in [4.69, 9.17) is 16.3 Å². The first-order valence-electron chi connectivity index (χ1n) is 13.8. The highest BCUT2D eigenvalue weighted by Crippen LogP contribution is 2.39. The Morgan fingerprint density at radius 2 is 1.77 bits per heavy atom. The fourth-order valence-electron chi connectivity index (χ4n) is 5.50. The van der Waals surface area contributed by atoms with E-state index in [9.17, 15) is 22.8 Å². The number of carbonyl (C=O) groups excluding carboxylic acids is 2. The number of piperazine rings is 1. The molecule has 5 rings (SSSR count). The summed E-state index contributed by atoms with van der Waals surface area (Å²) >= 11 is 6.56. The van der Waals surface area contributed by atoms with Crippen molar-refractivity contribution >= 4 is 46.8 Å². The van der Waals surface area contributed by atoms with Gasteiger partial charge in [-0.25, -0.2) is 14.4 Å². The first-order valence-corrected chi connectivity index (χ1v) is 14.2. The summed E-state index contributed by atoms with van der Waals surface area (Å²) < 4.78 is 62.4. The molecular weight excluding hydrogens is 592 g/mol. The standard InChI is InChI=1S/C29H31ClF4N6O3/c1-16-14-40(15-17(2)38(16)3)25-11-23(31)19(18-8-22(30)27(36-12-18)39-4-6-43-7-5-39)9-24(25)37-28(42)20-13-35-26(41)10-21(20)29(32,33)34/h8-13,16-17,20H,4-7,14-15H2,1-3H3,(H,37,42)/t16-,17+,20?. The number of ether oxygens (including phenoxy) is 1. The van der Waals surface area contributed by atoms with Crippen molar-refractivity contribution in [3.8, 4) is 11.1 Å². The molecule has 1 N–H and O–H groups in total. The molecule has 2 fully saturated rings. The zero-order chi connectivity index (χ0) is 31.1. The molecule has 1 aromatic heterocycles. The Morgan fingerprint density at radius 1 is 1.09 bits per heavy atom. The number of nitrogens with one attached hydrogen (secondary N) is 1. The molecule has 14 heteroatoms. The van der Waals surface area contributed by atoms with Gasteiger partial charge in [-0.15, -0.1) is 0 Å². The van der Waals surface area contributed by atoms with Gasteiger partial charge in [0.1, 0.15) is 17.6 Å². The van der Waals surface area contributed by atoms with Crippen LogP contribution >= 0.6 is 11.6 Å². The maximum atomic E-state index is 15.8. The number of anilines is 3. The molecule has 0 aliphatic carbocycles. The zero-order valence-corrected chi connectivity index (χ0v) is 24.5. The minimum absolute atomic E-state index is 0.0521. The molecular formula is C29H31ClF4N6O3. The number of halogens is 5. The Hall–Kier alpha value is -3.55. The number of rotatable bonds is 5. The fourth-order valence-corrected chi connectivity index (χ4v) is 5.78. The topological polar surface area (TPSA) is 90.4 Å². The monoisotopic (exact) mass is 622 g/mol. The van der Waals surface area contributed by atoms with Crippen molar-refractivity contribution in [3.05, 3.63) is 46.9 Å². The van der Waals surface area contributed by atoms with Gasteiger partial charge in [-0.1, -0.05) is 11.6 Å². The Morgan fingerprint density at radius 3 is 2.40 bits per heavy atom. The summed E-state index contributed by atoms with van der Waals surface area (Å²) in [5.74, 6) is -4.13. The lowest BCUT2D eigenvalue weighted by atomic mass is 9.95. The van der Waals surface area contributed by atoms with Crippen molar-refractivity contribution in [2.45, 2.75) is 32.1 Å². The second-order valence-electron chi connectivity index (χ2n) is 10.9. The van der Waals surface area contributed by atoms with Gasteiger partial charge in [0.2, 0.25) is 5.91 Å². The van der Waals surface area contributed by atoms with Gasteiger partial charge >= 0.3 is 6.18 Å². The number of pyridine rings is 1. The van der Waals surface area contributed by atoms with Crippen molar-refractivity contribution in [2.24, 2.45) is 10.9 Å². The van der Waals surface area contributed by atoms with E-state index < -0.39 is 35.3 Å². The summed E-state index contributed by atoms with van der Waals surface area (Å²) in [6.07, 6.45) is -2.48. The van der Waals surface area contributed by atoms with Crippen molar-refractivity contribution in [2.75, 3.05) is 61.6 Å². The molecule has 0 bridgehead atoms. The number of likely N-dealkylation sites (N-methyl/N-ethyl adjacent to an activating group) is 1. The van der Waals surface area contributed by atoms with Crippen LogP contribution in [-0.4, -0.2) is 92.6 Å². The van der Waals surface area contributed by atoms with Crippen LogP contribution in [0.3, 0.4) is 0 Å². The number of hydrogen-bond donors (Lipinski definition) is 1. The highest BCUT2D eigenvalue weighted by molar-refractivity contribution is 6.33. The van der Waals surface area contributed by atoms with Crippen LogP contribution in [0.2, 0.25) is 5.02 Å². The van der Waals surface area contributed by atoms with Gasteiger partial charge in [0.25, 0.3) is 5.91 Å². The lowest BCUT2D eigenvalue weighted by Crippen LogP contribution is -2.55. The van der Waals surface area contributed by atoms with Crippen molar-refractivity contribution in [1.29, 1.82) is 0 Å². The van der Waals surface area contributed by atoms with Crippen molar-refractivity contribution in [1.82, 2.24) is 9.88 Å². The molecule has 2 amide bonds. The Bertz CT molecular complexity index is 1460. The zero-order valence-electron chi connectivity index (χ0n) is 23.8. The number of dihydropyridines is 1. The fraction of sp³-hybridized carbons (Fsp3) is 0.448. The number of nitrogens with zero attached hydrogens (tertiary/aromatic N) is 5. The molecule has 2 aromatic rings. The summed E-state index contributed by atoms with van der Waals surface area (Å²) in [7, 11) is 1.98. The first-order chi connectivity index (χ1) is 20.3. The van der Waals surface area contributed by atoms with E-state index >= 15 is 4.39 Å². The van der Waals surface area contributed by atoms with Gasteiger partial charge in [-0.2, -0.15) is 13.2 Å². The Labute approximate surface area is 251 Å². The van der Waals surface area contributed by atoms with E-state index in [0.717, 1.165) is 0 Å². The number of alkyl halides is 3. The van der Waals surface area contributed by atoms with E-state index in [0.29, 0.717) is 73.8 Å². The van der Waals surface area contributed by atoms with Crippen LogP contribution in [0.5, 0.6) is 0 Å². The average Bonchev–Trinajstić information content (AvgIpc) is 2.96. The number of hydrogen-bond acceptors (Lipinski definition) is 7. The summed E-state index contributed by atoms with van der Waals surface area (Å²) in [6.45, 7) is 7.21. The molecule has 1 unspecified atom stereocenters. The molecule has 43 heavy (non-hydrogen) atoms. The second-order valence-corrected chi connectivity index (χ2v) is 11.3. The minimum Gasteiger partial charge on any atom is -0.378 e. The van der Waals surface area contributed by atoms with Gasteiger partial charge in [-0.05, 0) is 39.1 Å². The molecule has 3 aliphatic rings. The Balaban J connectivity index is 1.54. The van der Waals surface area contributed by atoms with Gasteiger partial charge in [-0.3, -0.25) is 14.5 Å². The SMILES string of the molecule is C[C@@H]1CN(c2cc(F)c(-c3cnc(N4CCOCC4)c(Cl)c3)cc2NC(=O)C2C=NC(=O)C=C2C(F)(F)F)C[C@H](C)N1C. The van der Waals surface area contributed by atoms with Crippen LogP contribution in [0.1, 0.15) is 13.8 Å². The number of carbonyl (C=O) groups is 2. The minimum atomic E-state index is -4.94. The third-order valence-electron chi connectivity index (χ3n) is 8.06. The van der Waals surface area contributed by atoms with Crippen LogP contribution < -0.4 is 15.1 Å². The number of aliphatic imine (C=N–C) groups is 1. The van der Waals surface area contributed by atoms with Crippen LogP contribution in [0, 0.1) is 11.7 Å². The third kappa shape index (κ3) is 6.53. The quantitative estimate of drug-likeness (QED) is 0.489. The molecule has 0 spiro atoms. The lowest BCUT2D eigenvalue weighted by Gasteiger charge is -2.44. The van der Waals surface area contributed by atoms with Crippen molar-refractivity contribution in [3.63, 3.8) is 0 Å². The largest absolute Gasteiger partial charge is 0.414 e. The van der Waals surface area contributed by atoms with Crippen molar-refractivity contribution < 1.29 is 31.9 Å². The van der Waals surface area contributed by atoms with E-state index in [2.05, 4.69) is 20.2 Å². The number of amides is 2. The van der Waals surface area contributed by atoms with Crippen LogP contribution in [0.15, 0.2) is 41.0 Å². The molecule has 0 radical (unpaired) electrons. The van der Waals surface area contributed by atoms with Crippen LogP contribution in [0.4, 0.5) is 34.8 Å². The second kappa shape index (κ2) is 12.2. The van der Waals surface area contributed by atoms with Crippen LogP contribution in [0.25, 0.3) is 11.1 Å². The molecule has 230 valence electrons. The summed E-state index contributed by atoms with van der Waals surface area (Å²) in [5, 5.41) is 2.86. The normalized spacial score (nSPS) is 23.4. The molecule has 3 aliphatic heterocycles. The highest BCUT2D eigenvalue weighted by Gasteiger charge is 2.43. The average molecular weight is 623 g/mol. The maximum Gasteiger partial charge on any atom is 0.414 e. The molecule has 9 nitrogen and oxygen atoms in total. The number of benzene rings is 1. The van der Waals surface area contributed by atoms with Crippen LogP contribution in [-0.2, 0) is 14.3 Å². The summed E-state index contributed by atoms with van der Waals surface area (Å²) in [5.41, 5.74) is -0.540. The van der Waals surface area contributed by atoms with Gasteiger partial charge in [0, 0.05) is 67.9 Å². The highest BCUT2D eigenvalue weighted by atomic mass is 35.5. The van der Waals surface area contributed by atoms with E-state index in [-0.39, 0.29) is 23.3 Å². The van der Waals surface area contributed by atoms with E-state index in [1.165, 1.54) is 18.3 Å². The predicted molar refractivity (Wildman–Crippen MR) is 156 cm³/mol. The Kier molecular flexibility index (Phi) is 8.77. The van der Waals surface area contributed by atoms with Gasteiger partial charge in [0.05, 0.1) is 35.2 Å². The predicted octanol–water partition coefficient (Wildman–Crippen LogP) is 4.56. The van der Waals surface area contributed by atoms with Gasteiger partial charge in [0.15, 0.2) is 0 Å². The maximum absolute atomic E-state index is 15.8. The van der Waals surface area contributed by atoms with Gasteiger partial charge < -0.3 is 19.9 Å². The van der Waals surface area contributed by atoms with E-state index in [1.807, 2.05) is 30.7 Å². The molecule has 4 heterocycles. The first kappa shape index (κ1) is 30.9. The third-order valence-corrected chi connectivity index (χ3v) is 8.34.